The zero-order valence-electron chi connectivity index (χ0n) is 15.1. The number of anilines is 1. The minimum Gasteiger partial charge on any atom is -0.320 e. The van der Waals surface area contributed by atoms with Crippen LogP contribution in [0.1, 0.15) is 12.5 Å². The predicted molar refractivity (Wildman–Crippen MR) is 99.5 cm³/mol. The monoisotopic (exact) mass is 370 g/mol. The summed E-state index contributed by atoms with van der Waals surface area (Å²) < 4.78 is 29.2. The number of amides is 1. The molecule has 0 saturated heterocycles. The van der Waals surface area contributed by atoms with Gasteiger partial charge in [0.1, 0.15) is 17.3 Å². The number of carbonyl (C=O) groups is 1. The molecule has 5 nitrogen and oxygen atoms in total. The van der Waals surface area contributed by atoms with Crippen molar-refractivity contribution in [2.24, 2.45) is 0 Å². The molecule has 3 rings (SSSR count). The summed E-state index contributed by atoms with van der Waals surface area (Å²) >= 11 is 0. The van der Waals surface area contributed by atoms with Crippen LogP contribution in [0.3, 0.4) is 0 Å². The van der Waals surface area contributed by atoms with Crippen molar-refractivity contribution in [3.05, 3.63) is 78.1 Å². The quantitative estimate of drug-likeness (QED) is 0.721. The van der Waals surface area contributed by atoms with Crippen LogP contribution in [-0.4, -0.2) is 33.7 Å². The standard InChI is InChI=1S/C20H20F2N4O/c1-14(20(27)24-19-17(21)9-6-10-18(19)22)25(2)12-15-11-23-26(13-15)16-7-4-3-5-8-16/h3-11,13-14H,12H2,1-2H3,(H,24,27). The molecule has 1 aromatic heterocycles. The lowest BCUT2D eigenvalue weighted by Crippen LogP contribution is -2.39. The molecule has 1 atom stereocenters. The topological polar surface area (TPSA) is 50.2 Å². The Bertz CT molecular complexity index is 906. The van der Waals surface area contributed by atoms with Crippen LogP contribution in [0.5, 0.6) is 0 Å². The van der Waals surface area contributed by atoms with E-state index in [1.54, 1.807) is 29.7 Å². The average molecular weight is 370 g/mol. The van der Waals surface area contributed by atoms with Crippen molar-refractivity contribution >= 4 is 11.6 Å². The summed E-state index contributed by atoms with van der Waals surface area (Å²) in [5.41, 5.74) is 1.42. The molecule has 1 N–H and O–H groups in total. The third-order valence-electron chi connectivity index (χ3n) is 4.34. The minimum atomic E-state index is -0.803. The lowest BCUT2D eigenvalue weighted by Gasteiger charge is -2.23. The fraction of sp³-hybridized carbons (Fsp3) is 0.200. The number of para-hydroxylation sites is 2. The van der Waals surface area contributed by atoms with Crippen molar-refractivity contribution in [1.82, 2.24) is 14.7 Å². The van der Waals surface area contributed by atoms with Crippen LogP contribution < -0.4 is 5.32 Å². The van der Waals surface area contributed by atoms with Crippen molar-refractivity contribution in [3.63, 3.8) is 0 Å². The predicted octanol–water partition coefficient (Wildman–Crippen LogP) is 3.61. The van der Waals surface area contributed by atoms with E-state index in [-0.39, 0.29) is 0 Å². The molecule has 0 aliphatic heterocycles. The highest BCUT2D eigenvalue weighted by molar-refractivity contribution is 5.94. The Morgan fingerprint density at radius 2 is 1.81 bits per heavy atom. The van der Waals surface area contributed by atoms with E-state index in [1.807, 2.05) is 36.5 Å². The first-order valence-electron chi connectivity index (χ1n) is 8.50. The first-order chi connectivity index (χ1) is 13.0. The smallest absolute Gasteiger partial charge is 0.241 e. The van der Waals surface area contributed by atoms with E-state index >= 15 is 0 Å². The Hall–Kier alpha value is -3.06. The SMILES string of the molecule is CC(C(=O)Nc1c(F)cccc1F)N(C)Cc1cnn(-c2ccccc2)c1. The number of hydrogen-bond acceptors (Lipinski definition) is 3. The normalized spacial score (nSPS) is 12.2. The minimum absolute atomic E-state index is 0.431. The number of carbonyl (C=O) groups excluding carboxylic acids is 1. The number of likely N-dealkylation sites (N-methyl/N-ethyl adjacent to an activating group) is 1. The van der Waals surface area contributed by atoms with Gasteiger partial charge in [-0.1, -0.05) is 24.3 Å². The van der Waals surface area contributed by atoms with Crippen LogP contribution in [0.4, 0.5) is 14.5 Å². The summed E-state index contributed by atoms with van der Waals surface area (Å²) in [5.74, 6) is -2.10. The molecule has 7 heteroatoms. The van der Waals surface area contributed by atoms with Crippen molar-refractivity contribution in [2.45, 2.75) is 19.5 Å². The third kappa shape index (κ3) is 4.38. The van der Waals surface area contributed by atoms with Gasteiger partial charge in [0.15, 0.2) is 0 Å². The number of hydrogen-bond donors (Lipinski definition) is 1. The molecule has 0 aliphatic carbocycles. The zero-order valence-corrected chi connectivity index (χ0v) is 15.1. The second-order valence-corrected chi connectivity index (χ2v) is 6.31. The van der Waals surface area contributed by atoms with Crippen LogP contribution in [-0.2, 0) is 11.3 Å². The Morgan fingerprint density at radius 3 is 2.48 bits per heavy atom. The summed E-state index contributed by atoms with van der Waals surface area (Å²) in [7, 11) is 1.77. The summed E-state index contributed by atoms with van der Waals surface area (Å²) in [5, 5.41) is 6.65. The van der Waals surface area contributed by atoms with Gasteiger partial charge >= 0.3 is 0 Å². The molecular weight excluding hydrogens is 350 g/mol. The lowest BCUT2D eigenvalue weighted by atomic mass is 10.2. The molecule has 0 spiro atoms. The van der Waals surface area contributed by atoms with Gasteiger partial charge in [0, 0.05) is 18.3 Å². The van der Waals surface area contributed by atoms with Gasteiger partial charge in [-0.2, -0.15) is 5.10 Å². The number of aromatic nitrogens is 2. The van der Waals surface area contributed by atoms with E-state index in [0.717, 1.165) is 23.4 Å². The molecule has 0 fully saturated rings. The largest absolute Gasteiger partial charge is 0.320 e. The van der Waals surface area contributed by atoms with Gasteiger partial charge in [0.05, 0.1) is 17.9 Å². The maximum atomic E-state index is 13.7. The number of nitrogens with one attached hydrogen (secondary N) is 1. The second kappa shape index (κ2) is 8.09. The van der Waals surface area contributed by atoms with Gasteiger partial charge in [-0.05, 0) is 38.2 Å². The molecule has 0 aliphatic rings. The fourth-order valence-corrected chi connectivity index (χ4v) is 2.63. The maximum Gasteiger partial charge on any atom is 0.241 e. The van der Waals surface area contributed by atoms with Gasteiger partial charge in [0.2, 0.25) is 5.91 Å². The van der Waals surface area contributed by atoms with Gasteiger partial charge < -0.3 is 5.32 Å². The van der Waals surface area contributed by atoms with Crippen molar-refractivity contribution in [3.8, 4) is 5.69 Å². The summed E-state index contributed by atoms with van der Waals surface area (Å²) in [6, 6.07) is 12.5. The highest BCUT2D eigenvalue weighted by Gasteiger charge is 2.21. The van der Waals surface area contributed by atoms with Crippen molar-refractivity contribution in [2.75, 3.05) is 12.4 Å². The summed E-state index contributed by atoms with van der Waals surface area (Å²) in [6.07, 6.45) is 3.61. The molecule has 0 bridgehead atoms. The van der Waals surface area contributed by atoms with Crippen LogP contribution in [0.15, 0.2) is 60.9 Å². The molecular formula is C20H20F2N4O. The molecule has 3 aromatic rings. The molecule has 1 heterocycles. The highest BCUT2D eigenvalue weighted by Crippen LogP contribution is 2.19. The zero-order chi connectivity index (χ0) is 19.4. The maximum absolute atomic E-state index is 13.7. The van der Waals surface area contributed by atoms with Gasteiger partial charge in [-0.15, -0.1) is 0 Å². The number of nitrogens with zero attached hydrogens (tertiary/aromatic N) is 3. The molecule has 0 radical (unpaired) electrons. The Labute approximate surface area is 156 Å². The number of halogens is 2. The molecule has 1 amide bonds. The number of rotatable bonds is 6. The van der Waals surface area contributed by atoms with Crippen molar-refractivity contribution in [1.29, 1.82) is 0 Å². The van der Waals surface area contributed by atoms with Crippen molar-refractivity contribution < 1.29 is 13.6 Å². The molecule has 140 valence electrons. The van der Waals surface area contributed by atoms with Crippen LogP contribution in [0.2, 0.25) is 0 Å². The van der Waals surface area contributed by atoms with Gasteiger partial charge in [0.25, 0.3) is 0 Å². The molecule has 0 saturated carbocycles. The summed E-state index contributed by atoms with van der Waals surface area (Å²) in [4.78, 5) is 14.1. The highest BCUT2D eigenvalue weighted by atomic mass is 19.1. The van der Waals surface area contributed by atoms with E-state index < -0.39 is 29.3 Å². The Kier molecular flexibility index (Phi) is 5.61. The summed E-state index contributed by atoms with van der Waals surface area (Å²) in [6.45, 7) is 2.14. The average Bonchev–Trinajstić information content (AvgIpc) is 3.13. The van der Waals surface area contributed by atoms with E-state index in [0.29, 0.717) is 6.54 Å². The van der Waals surface area contributed by atoms with E-state index in [4.69, 9.17) is 0 Å². The van der Waals surface area contributed by atoms with E-state index in [2.05, 4.69) is 10.4 Å². The van der Waals surface area contributed by atoms with E-state index in [9.17, 15) is 13.6 Å². The fourth-order valence-electron chi connectivity index (χ4n) is 2.63. The van der Waals surface area contributed by atoms with Gasteiger partial charge in [-0.3, -0.25) is 9.69 Å². The third-order valence-corrected chi connectivity index (χ3v) is 4.34. The van der Waals surface area contributed by atoms with Crippen LogP contribution in [0, 0.1) is 11.6 Å². The molecule has 1 unspecified atom stereocenters. The van der Waals surface area contributed by atoms with Crippen LogP contribution >= 0.6 is 0 Å². The Morgan fingerprint density at radius 1 is 1.15 bits per heavy atom. The second-order valence-electron chi connectivity index (χ2n) is 6.31. The molecule has 27 heavy (non-hydrogen) atoms. The number of benzene rings is 2. The first-order valence-corrected chi connectivity index (χ1v) is 8.50. The van der Waals surface area contributed by atoms with Crippen LogP contribution in [0.25, 0.3) is 5.69 Å². The first kappa shape index (κ1) is 18.7. The van der Waals surface area contributed by atoms with E-state index in [1.165, 1.54) is 6.07 Å². The van der Waals surface area contributed by atoms with Gasteiger partial charge in [-0.25, -0.2) is 13.5 Å². The lowest BCUT2D eigenvalue weighted by molar-refractivity contribution is -0.120. The Balaban J connectivity index is 1.64. The molecule has 2 aromatic carbocycles.